The van der Waals surface area contributed by atoms with Gasteiger partial charge in [-0.1, -0.05) is 18.2 Å². The molecule has 4 heterocycles. The van der Waals surface area contributed by atoms with Crippen LogP contribution in [0.1, 0.15) is 19.3 Å². The predicted octanol–water partition coefficient (Wildman–Crippen LogP) is 3.16. The summed E-state index contributed by atoms with van der Waals surface area (Å²) in [5, 5.41) is 6.93. The Labute approximate surface area is 176 Å². The zero-order valence-electron chi connectivity index (χ0n) is 16.3. The zero-order valence-corrected chi connectivity index (χ0v) is 17.1. The van der Waals surface area contributed by atoms with Gasteiger partial charge in [-0.05, 0) is 55.6 Å². The molecule has 3 aromatic rings. The zero-order chi connectivity index (χ0) is 18.9. The normalized spacial score (nSPS) is 18.8. The quantitative estimate of drug-likeness (QED) is 0.690. The molecule has 0 aliphatic carbocycles. The summed E-state index contributed by atoms with van der Waals surface area (Å²) in [5.41, 5.74) is 3.40. The van der Waals surface area contributed by atoms with Crippen LogP contribution in [-0.4, -0.2) is 41.6 Å². The molecule has 2 fully saturated rings. The fourth-order valence-electron chi connectivity index (χ4n) is 4.23. The fraction of sp³-hybridized carbons (Fsp3) is 0.364. The van der Waals surface area contributed by atoms with Crippen molar-refractivity contribution in [3.05, 3.63) is 59.0 Å². The number of hydrogen-bond acceptors (Lipinski definition) is 5. The number of anilines is 2. The number of nitrogens with zero attached hydrogens (tertiary/aromatic N) is 3. The van der Waals surface area contributed by atoms with Crippen LogP contribution in [0.4, 0.5) is 11.5 Å². The van der Waals surface area contributed by atoms with E-state index in [2.05, 4.69) is 27.7 Å². The molecule has 1 aromatic carbocycles. The fourth-order valence-corrected chi connectivity index (χ4v) is 4.23. The molecule has 0 radical (unpaired) electrons. The predicted molar refractivity (Wildman–Crippen MR) is 120 cm³/mol. The van der Waals surface area contributed by atoms with Gasteiger partial charge in [0, 0.05) is 37.6 Å². The van der Waals surface area contributed by atoms with Gasteiger partial charge in [-0.25, -0.2) is 4.98 Å². The van der Waals surface area contributed by atoms with Crippen molar-refractivity contribution in [1.82, 2.24) is 14.7 Å². The van der Waals surface area contributed by atoms with E-state index in [-0.39, 0.29) is 18.0 Å². The van der Waals surface area contributed by atoms with Crippen LogP contribution in [0, 0.1) is 0 Å². The van der Waals surface area contributed by atoms with E-state index in [4.69, 9.17) is 4.98 Å². The first-order chi connectivity index (χ1) is 13.8. The van der Waals surface area contributed by atoms with Crippen molar-refractivity contribution in [3.63, 3.8) is 0 Å². The summed E-state index contributed by atoms with van der Waals surface area (Å²) in [7, 11) is 0. The van der Waals surface area contributed by atoms with E-state index in [1.807, 2.05) is 30.3 Å². The van der Waals surface area contributed by atoms with Crippen molar-refractivity contribution < 1.29 is 0 Å². The van der Waals surface area contributed by atoms with Gasteiger partial charge in [-0.15, -0.1) is 12.4 Å². The Morgan fingerprint density at radius 3 is 2.59 bits per heavy atom. The highest BCUT2D eigenvalue weighted by Gasteiger charge is 2.22. The average Bonchev–Trinajstić information content (AvgIpc) is 3.43. The van der Waals surface area contributed by atoms with Crippen molar-refractivity contribution >= 4 is 29.6 Å². The van der Waals surface area contributed by atoms with Crippen molar-refractivity contribution in [1.29, 1.82) is 0 Å². The van der Waals surface area contributed by atoms with Crippen LogP contribution in [0.15, 0.2) is 53.5 Å². The smallest absolute Gasteiger partial charge is 0.267 e. The molecule has 6 nitrogen and oxygen atoms in total. The van der Waals surface area contributed by atoms with Crippen LogP contribution in [0.25, 0.3) is 16.8 Å². The van der Waals surface area contributed by atoms with Gasteiger partial charge in [0.05, 0.1) is 5.56 Å². The number of fused-ring (bicyclic) bond motifs is 1. The van der Waals surface area contributed by atoms with Crippen LogP contribution in [0.5, 0.6) is 0 Å². The van der Waals surface area contributed by atoms with Crippen LogP contribution < -0.4 is 21.1 Å². The second-order valence-corrected chi connectivity index (χ2v) is 7.65. The molecular formula is C22H26ClN5O. The molecule has 1 unspecified atom stereocenters. The highest BCUT2D eigenvalue weighted by atomic mass is 35.5. The lowest BCUT2D eigenvalue weighted by molar-refractivity contribution is 0.793. The summed E-state index contributed by atoms with van der Waals surface area (Å²) in [4.78, 5) is 20.5. The number of pyridine rings is 1. The molecule has 2 aliphatic rings. The Kier molecular flexibility index (Phi) is 5.74. The molecule has 0 amide bonds. The summed E-state index contributed by atoms with van der Waals surface area (Å²) in [6.45, 7) is 3.97. The summed E-state index contributed by atoms with van der Waals surface area (Å²) < 4.78 is 1.64. The van der Waals surface area contributed by atoms with E-state index in [9.17, 15) is 4.79 Å². The third-order valence-electron chi connectivity index (χ3n) is 5.73. The lowest BCUT2D eigenvalue weighted by Crippen LogP contribution is -2.26. The molecule has 2 saturated heterocycles. The van der Waals surface area contributed by atoms with Crippen molar-refractivity contribution in [2.45, 2.75) is 25.3 Å². The van der Waals surface area contributed by atoms with Gasteiger partial charge in [-0.3, -0.25) is 9.20 Å². The Bertz CT molecular complexity index is 1040. The molecule has 1 atom stereocenters. The second kappa shape index (κ2) is 8.43. The molecule has 0 bridgehead atoms. The maximum absolute atomic E-state index is 13.3. The van der Waals surface area contributed by atoms with Gasteiger partial charge >= 0.3 is 0 Å². The monoisotopic (exact) mass is 411 g/mol. The summed E-state index contributed by atoms with van der Waals surface area (Å²) in [5.74, 6) is 0.814. The van der Waals surface area contributed by atoms with Gasteiger partial charge in [0.15, 0.2) is 0 Å². The van der Waals surface area contributed by atoms with Crippen molar-refractivity contribution in [3.8, 4) is 11.1 Å². The third kappa shape index (κ3) is 3.82. The van der Waals surface area contributed by atoms with Crippen molar-refractivity contribution in [2.75, 3.05) is 36.4 Å². The first-order valence-electron chi connectivity index (χ1n) is 10.1. The van der Waals surface area contributed by atoms with E-state index >= 15 is 0 Å². The molecule has 2 N–H and O–H groups in total. The lowest BCUT2D eigenvalue weighted by atomic mass is 10.1. The maximum Gasteiger partial charge on any atom is 0.267 e. The average molecular weight is 412 g/mol. The van der Waals surface area contributed by atoms with Crippen LogP contribution in [-0.2, 0) is 0 Å². The largest absolute Gasteiger partial charge is 0.381 e. The number of rotatable bonds is 4. The molecule has 0 spiro atoms. The Morgan fingerprint density at radius 2 is 1.86 bits per heavy atom. The van der Waals surface area contributed by atoms with Crippen LogP contribution in [0.2, 0.25) is 0 Å². The first kappa shape index (κ1) is 19.7. The first-order valence-corrected chi connectivity index (χ1v) is 10.1. The van der Waals surface area contributed by atoms with Gasteiger partial charge in [-0.2, -0.15) is 0 Å². The standard InChI is InChI=1S/C22H25N5O.ClH/c28-22-20(16-6-8-17(9-7-16)24-18-10-11-23-15-18)21(26-12-3-4-13-26)25-19-5-1-2-14-27(19)22;/h1-2,5-9,14,18,23-24H,3-4,10-13,15H2;1H. The Morgan fingerprint density at radius 1 is 1.07 bits per heavy atom. The highest BCUT2D eigenvalue weighted by molar-refractivity contribution is 5.85. The van der Waals surface area contributed by atoms with E-state index in [1.54, 1.807) is 10.6 Å². The lowest BCUT2D eigenvalue weighted by Gasteiger charge is -2.21. The molecule has 2 aliphatic heterocycles. The maximum atomic E-state index is 13.3. The SMILES string of the molecule is Cl.O=c1c(-c2ccc(NC3CCNC3)cc2)c(N2CCCC2)nc2ccccn12. The molecule has 5 rings (SSSR count). The molecule has 0 saturated carbocycles. The van der Waals surface area contributed by atoms with Crippen LogP contribution >= 0.6 is 12.4 Å². The summed E-state index contributed by atoms with van der Waals surface area (Å²) >= 11 is 0. The molecule has 7 heteroatoms. The topological polar surface area (TPSA) is 61.7 Å². The summed E-state index contributed by atoms with van der Waals surface area (Å²) in [6.07, 6.45) is 5.23. The van der Waals surface area contributed by atoms with Gasteiger partial charge in [0.25, 0.3) is 5.56 Å². The minimum Gasteiger partial charge on any atom is -0.381 e. The van der Waals surface area contributed by atoms with E-state index in [0.29, 0.717) is 17.3 Å². The van der Waals surface area contributed by atoms with Crippen LogP contribution in [0.3, 0.4) is 0 Å². The highest BCUT2D eigenvalue weighted by Crippen LogP contribution is 2.30. The van der Waals surface area contributed by atoms with E-state index in [1.165, 1.54) is 0 Å². The number of aromatic nitrogens is 2. The Hall–Kier alpha value is -2.57. The third-order valence-corrected chi connectivity index (χ3v) is 5.73. The number of halogens is 1. The van der Waals surface area contributed by atoms with Crippen molar-refractivity contribution in [2.24, 2.45) is 0 Å². The molecule has 152 valence electrons. The second-order valence-electron chi connectivity index (χ2n) is 7.65. The van der Waals surface area contributed by atoms with Gasteiger partial charge < -0.3 is 15.5 Å². The summed E-state index contributed by atoms with van der Waals surface area (Å²) in [6, 6.07) is 14.4. The molecular weight excluding hydrogens is 386 g/mol. The molecule has 2 aromatic heterocycles. The minimum atomic E-state index is -0.00629. The molecule has 29 heavy (non-hydrogen) atoms. The van der Waals surface area contributed by atoms with Gasteiger partial charge in [0.2, 0.25) is 0 Å². The number of nitrogens with one attached hydrogen (secondary N) is 2. The van der Waals surface area contributed by atoms with Gasteiger partial charge in [0.1, 0.15) is 11.5 Å². The number of hydrogen-bond donors (Lipinski definition) is 2. The minimum absolute atomic E-state index is 0. The number of benzene rings is 1. The Balaban J connectivity index is 0.00000205. The van der Waals surface area contributed by atoms with E-state index in [0.717, 1.165) is 62.5 Å². The van der Waals surface area contributed by atoms with E-state index < -0.39 is 0 Å².